The van der Waals surface area contributed by atoms with Gasteiger partial charge in [-0.05, 0) is 41.2 Å². The number of H-pyrrole nitrogens is 1. The molecule has 22 heavy (non-hydrogen) atoms. The van der Waals surface area contributed by atoms with E-state index in [1.165, 1.54) is 0 Å². The van der Waals surface area contributed by atoms with Crippen molar-refractivity contribution >= 4 is 21.8 Å². The molecule has 1 aromatic carbocycles. The second kappa shape index (κ2) is 6.62. The number of nitrogens with two attached hydrogens (primary N) is 1. The Morgan fingerprint density at radius 3 is 2.86 bits per heavy atom. The second-order valence-electron chi connectivity index (χ2n) is 5.63. The first-order valence-corrected chi connectivity index (χ1v) is 8.30. The van der Waals surface area contributed by atoms with Crippen LogP contribution in [0.2, 0.25) is 0 Å². The van der Waals surface area contributed by atoms with Crippen molar-refractivity contribution in [3.8, 4) is 11.3 Å². The Balaban J connectivity index is 1.78. The third kappa shape index (κ3) is 2.94. The van der Waals surface area contributed by atoms with Crippen LogP contribution in [0.5, 0.6) is 0 Å². The Labute approximate surface area is 137 Å². The van der Waals surface area contributed by atoms with Crippen molar-refractivity contribution in [2.45, 2.75) is 25.3 Å². The highest BCUT2D eigenvalue weighted by atomic mass is 79.9. The maximum Gasteiger partial charge on any atom is 0.270 e. The normalized spacial score (nSPS) is 21.0. The van der Waals surface area contributed by atoms with Crippen molar-refractivity contribution in [1.82, 2.24) is 15.5 Å². The first-order valence-electron chi connectivity index (χ1n) is 7.51. The van der Waals surface area contributed by atoms with E-state index in [2.05, 4.69) is 31.4 Å². The largest absolute Gasteiger partial charge is 0.348 e. The van der Waals surface area contributed by atoms with Crippen LogP contribution < -0.4 is 11.1 Å². The summed E-state index contributed by atoms with van der Waals surface area (Å²) in [4.78, 5) is 12.5. The Bertz CT molecular complexity index is 655. The first kappa shape index (κ1) is 15.2. The summed E-state index contributed by atoms with van der Waals surface area (Å²) in [7, 11) is 0. The third-order valence-corrected chi connectivity index (χ3v) is 5.03. The number of halogens is 1. The molecule has 0 saturated heterocycles. The lowest BCUT2D eigenvalue weighted by Gasteiger charge is -2.19. The molecule has 2 atom stereocenters. The number of aromatic amines is 1. The Morgan fingerprint density at radius 2 is 2.14 bits per heavy atom. The average Bonchev–Trinajstić information content (AvgIpc) is 3.14. The summed E-state index contributed by atoms with van der Waals surface area (Å²) in [5.41, 5.74) is 7.93. The van der Waals surface area contributed by atoms with E-state index in [4.69, 9.17) is 5.73 Å². The Morgan fingerprint density at radius 1 is 1.36 bits per heavy atom. The minimum atomic E-state index is -0.132. The number of rotatable bonds is 4. The van der Waals surface area contributed by atoms with Crippen LogP contribution in [0.4, 0.5) is 0 Å². The van der Waals surface area contributed by atoms with E-state index >= 15 is 0 Å². The van der Waals surface area contributed by atoms with E-state index in [9.17, 15) is 4.79 Å². The van der Waals surface area contributed by atoms with E-state index in [1.54, 1.807) is 0 Å². The predicted molar refractivity (Wildman–Crippen MR) is 89.4 cm³/mol. The van der Waals surface area contributed by atoms with Crippen molar-refractivity contribution in [2.24, 2.45) is 11.7 Å². The predicted octanol–water partition coefficient (Wildman–Crippen LogP) is 2.70. The van der Waals surface area contributed by atoms with Gasteiger partial charge in [0.05, 0.1) is 4.47 Å². The van der Waals surface area contributed by atoms with Gasteiger partial charge < -0.3 is 11.1 Å². The van der Waals surface area contributed by atoms with Crippen molar-refractivity contribution in [1.29, 1.82) is 0 Å². The molecule has 0 radical (unpaired) electrons. The topological polar surface area (TPSA) is 83.8 Å². The molecule has 6 heteroatoms. The summed E-state index contributed by atoms with van der Waals surface area (Å²) >= 11 is 3.49. The van der Waals surface area contributed by atoms with Gasteiger partial charge in [0.15, 0.2) is 0 Å². The van der Waals surface area contributed by atoms with Crippen LogP contribution >= 0.6 is 15.9 Å². The molecular formula is C16H19BrN4O. The van der Waals surface area contributed by atoms with Gasteiger partial charge in [-0.25, -0.2) is 0 Å². The van der Waals surface area contributed by atoms with Gasteiger partial charge in [0.2, 0.25) is 0 Å². The van der Waals surface area contributed by atoms with Crippen LogP contribution in [0.25, 0.3) is 11.3 Å². The van der Waals surface area contributed by atoms with Crippen LogP contribution in [0.1, 0.15) is 29.8 Å². The Hall–Kier alpha value is -1.66. The SMILES string of the molecule is NCC1CCCC1NC(=O)c1[nH]nc(-c2ccccc2)c1Br. The summed E-state index contributed by atoms with van der Waals surface area (Å²) in [6, 6.07) is 9.92. The van der Waals surface area contributed by atoms with Gasteiger partial charge in [-0.3, -0.25) is 9.89 Å². The molecule has 2 unspecified atom stereocenters. The fourth-order valence-corrected chi connectivity index (χ4v) is 3.60. The summed E-state index contributed by atoms with van der Waals surface area (Å²) in [6.45, 7) is 0.615. The van der Waals surface area contributed by atoms with Crippen LogP contribution in [0.15, 0.2) is 34.8 Å². The van der Waals surface area contributed by atoms with Gasteiger partial charge in [-0.2, -0.15) is 5.10 Å². The zero-order chi connectivity index (χ0) is 15.5. The molecule has 1 aliphatic carbocycles. The lowest BCUT2D eigenvalue weighted by atomic mass is 10.0. The van der Waals surface area contributed by atoms with Gasteiger partial charge in [-0.15, -0.1) is 0 Å². The summed E-state index contributed by atoms with van der Waals surface area (Å²) in [5.74, 6) is 0.242. The number of aromatic nitrogens is 2. The number of carbonyl (C=O) groups excluding carboxylic acids is 1. The molecule has 116 valence electrons. The summed E-state index contributed by atoms with van der Waals surface area (Å²) < 4.78 is 0.693. The van der Waals surface area contributed by atoms with Crippen LogP contribution in [-0.4, -0.2) is 28.7 Å². The molecule has 0 spiro atoms. The van der Waals surface area contributed by atoms with Crippen LogP contribution in [0.3, 0.4) is 0 Å². The van der Waals surface area contributed by atoms with Crippen molar-refractivity contribution in [3.05, 3.63) is 40.5 Å². The zero-order valence-electron chi connectivity index (χ0n) is 12.2. The molecule has 3 rings (SSSR count). The van der Waals surface area contributed by atoms with Gasteiger partial charge in [0.1, 0.15) is 11.4 Å². The zero-order valence-corrected chi connectivity index (χ0v) is 13.8. The molecule has 0 bridgehead atoms. The van der Waals surface area contributed by atoms with E-state index in [-0.39, 0.29) is 11.9 Å². The Kier molecular flexibility index (Phi) is 4.59. The highest BCUT2D eigenvalue weighted by Gasteiger charge is 2.29. The molecule has 1 amide bonds. The van der Waals surface area contributed by atoms with E-state index in [0.29, 0.717) is 22.6 Å². The second-order valence-corrected chi connectivity index (χ2v) is 6.43. The molecule has 1 heterocycles. The lowest BCUT2D eigenvalue weighted by molar-refractivity contribution is 0.0923. The molecular weight excluding hydrogens is 344 g/mol. The van der Waals surface area contributed by atoms with Crippen LogP contribution in [0, 0.1) is 5.92 Å². The number of nitrogens with one attached hydrogen (secondary N) is 2. The number of carbonyl (C=O) groups is 1. The molecule has 5 nitrogen and oxygen atoms in total. The number of benzene rings is 1. The lowest BCUT2D eigenvalue weighted by Crippen LogP contribution is -2.40. The molecule has 0 aliphatic heterocycles. The number of nitrogens with zero attached hydrogens (tertiary/aromatic N) is 1. The van der Waals surface area contributed by atoms with E-state index in [1.807, 2.05) is 30.3 Å². The van der Waals surface area contributed by atoms with Gasteiger partial charge in [-0.1, -0.05) is 36.8 Å². The van der Waals surface area contributed by atoms with Gasteiger partial charge >= 0.3 is 0 Å². The number of hydrogen-bond acceptors (Lipinski definition) is 3. The molecule has 2 aromatic rings. The molecule has 1 aromatic heterocycles. The number of hydrogen-bond donors (Lipinski definition) is 3. The van der Waals surface area contributed by atoms with E-state index < -0.39 is 0 Å². The fourth-order valence-electron chi connectivity index (χ4n) is 3.02. The summed E-state index contributed by atoms with van der Waals surface area (Å²) in [6.07, 6.45) is 3.19. The highest BCUT2D eigenvalue weighted by Crippen LogP contribution is 2.29. The standard InChI is InChI=1S/C16H19BrN4O/c17-13-14(10-5-2-1-3-6-10)20-21-15(13)16(22)19-12-8-4-7-11(12)9-18/h1-3,5-6,11-12H,4,7-9,18H2,(H,19,22)(H,20,21). The van der Waals surface area contributed by atoms with Gasteiger partial charge in [0.25, 0.3) is 5.91 Å². The van der Waals surface area contributed by atoms with Crippen LogP contribution in [-0.2, 0) is 0 Å². The molecule has 4 N–H and O–H groups in total. The van der Waals surface area contributed by atoms with Crippen molar-refractivity contribution in [2.75, 3.05) is 6.54 Å². The maximum atomic E-state index is 12.5. The van der Waals surface area contributed by atoms with Crippen molar-refractivity contribution in [3.63, 3.8) is 0 Å². The van der Waals surface area contributed by atoms with Crippen molar-refractivity contribution < 1.29 is 4.79 Å². The average molecular weight is 363 g/mol. The molecule has 1 fully saturated rings. The summed E-state index contributed by atoms with van der Waals surface area (Å²) in [5, 5.41) is 10.2. The minimum absolute atomic E-state index is 0.132. The fraction of sp³-hybridized carbons (Fsp3) is 0.375. The third-order valence-electron chi connectivity index (χ3n) is 4.26. The molecule has 1 saturated carbocycles. The highest BCUT2D eigenvalue weighted by molar-refractivity contribution is 9.10. The quantitative estimate of drug-likeness (QED) is 0.781. The maximum absolute atomic E-state index is 12.5. The first-order chi connectivity index (χ1) is 10.7. The number of amides is 1. The monoisotopic (exact) mass is 362 g/mol. The van der Waals surface area contributed by atoms with E-state index in [0.717, 1.165) is 30.5 Å². The minimum Gasteiger partial charge on any atom is -0.348 e. The molecule has 1 aliphatic rings. The van der Waals surface area contributed by atoms with Gasteiger partial charge in [0, 0.05) is 11.6 Å². The smallest absolute Gasteiger partial charge is 0.270 e.